The molecule has 1 saturated carbocycles. The number of allylic oxidation sites excluding steroid dienone is 4. The summed E-state index contributed by atoms with van der Waals surface area (Å²) < 4.78 is 0. The molecule has 2 rings (SSSR count). The molecular weight excluding hydrogens is 160 g/mol. The lowest BCUT2D eigenvalue weighted by Gasteiger charge is -2.17. The van der Waals surface area contributed by atoms with Gasteiger partial charge in [0.05, 0.1) is 0 Å². The van der Waals surface area contributed by atoms with Gasteiger partial charge in [0.25, 0.3) is 0 Å². The fraction of sp³-hybridized carbons (Fsp3) is 0.667. The van der Waals surface area contributed by atoms with Crippen LogP contribution in [0.25, 0.3) is 0 Å². The van der Waals surface area contributed by atoms with Gasteiger partial charge >= 0.3 is 0 Å². The van der Waals surface area contributed by atoms with E-state index in [0.29, 0.717) is 24.4 Å². The van der Waals surface area contributed by atoms with Crippen molar-refractivity contribution in [1.82, 2.24) is 0 Å². The monoisotopic (exact) mass is 178 g/mol. The molecule has 0 radical (unpaired) electrons. The molecule has 0 amide bonds. The van der Waals surface area contributed by atoms with Gasteiger partial charge in [-0.05, 0) is 43.9 Å². The van der Waals surface area contributed by atoms with Crippen LogP contribution >= 0.6 is 0 Å². The van der Waals surface area contributed by atoms with Crippen molar-refractivity contribution in [3.05, 3.63) is 23.8 Å². The average molecular weight is 178 g/mol. The van der Waals surface area contributed by atoms with Crippen LogP contribution in [0.4, 0.5) is 0 Å². The third-order valence-corrected chi connectivity index (χ3v) is 3.61. The van der Waals surface area contributed by atoms with Gasteiger partial charge in [-0.15, -0.1) is 0 Å². The second-order valence-electron chi connectivity index (χ2n) is 4.24. The van der Waals surface area contributed by atoms with E-state index < -0.39 is 0 Å². The van der Waals surface area contributed by atoms with Crippen molar-refractivity contribution in [2.45, 2.75) is 26.2 Å². The average Bonchev–Trinajstić information content (AvgIpc) is 2.51. The van der Waals surface area contributed by atoms with E-state index in [1.807, 2.05) is 0 Å². The van der Waals surface area contributed by atoms with E-state index in [-0.39, 0.29) is 0 Å². The van der Waals surface area contributed by atoms with E-state index in [2.05, 4.69) is 25.2 Å². The first kappa shape index (κ1) is 9.01. The standard InChI is InChI=1S/C12H18O/c1-2-9-3-6-12(8-13)11-5-4-10(9)7-11/h2,4-5,10-13H,3,6-8H2,1H3/b9-2-/t10-,11+,12-/m0/s1. The first-order valence-corrected chi connectivity index (χ1v) is 5.29. The molecule has 0 unspecified atom stereocenters. The summed E-state index contributed by atoms with van der Waals surface area (Å²) in [6.07, 6.45) is 10.5. The zero-order chi connectivity index (χ0) is 9.26. The zero-order valence-electron chi connectivity index (χ0n) is 8.24. The number of hydrogen-bond donors (Lipinski definition) is 1. The Hall–Kier alpha value is -0.560. The Bertz CT molecular complexity index is 240. The topological polar surface area (TPSA) is 20.2 Å². The van der Waals surface area contributed by atoms with Gasteiger partial charge in [-0.1, -0.05) is 23.8 Å². The maximum absolute atomic E-state index is 9.24. The van der Waals surface area contributed by atoms with Crippen molar-refractivity contribution < 1.29 is 5.11 Å². The summed E-state index contributed by atoms with van der Waals surface area (Å²) >= 11 is 0. The van der Waals surface area contributed by atoms with Crippen LogP contribution in [0.5, 0.6) is 0 Å². The normalized spacial score (nSPS) is 41.1. The van der Waals surface area contributed by atoms with Crippen LogP contribution in [-0.2, 0) is 0 Å². The molecule has 0 aliphatic heterocycles. The molecule has 0 aromatic carbocycles. The lowest BCUT2D eigenvalue weighted by Crippen LogP contribution is -2.13. The van der Waals surface area contributed by atoms with Crippen molar-refractivity contribution >= 4 is 0 Å². The van der Waals surface area contributed by atoms with Crippen molar-refractivity contribution in [3.8, 4) is 0 Å². The van der Waals surface area contributed by atoms with E-state index in [1.165, 1.54) is 19.3 Å². The molecule has 1 nitrogen and oxygen atoms in total. The molecule has 0 heterocycles. The van der Waals surface area contributed by atoms with Crippen LogP contribution in [-0.4, -0.2) is 11.7 Å². The highest BCUT2D eigenvalue weighted by Crippen LogP contribution is 2.41. The van der Waals surface area contributed by atoms with Gasteiger partial charge in [-0.3, -0.25) is 0 Å². The molecule has 0 saturated heterocycles. The Morgan fingerprint density at radius 3 is 3.08 bits per heavy atom. The first-order chi connectivity index (χ1) is 6.35. The Balaban J connectivity index is 2.18. The maximum Gasteiger partial charge on any atom is 0.0465 e. The van der Waals surface area contributed by atoms with Crippen LogP contribution in [0.2, 0.25) is 0 Å². The molecule has 1 heteroatoms. The maximum atomic E-state index is 9.24. The molecular formula is C12H18O. The molecule has 72 valence electrons. The van der Waals surface area contributed by atoms with Crippen molar-refractivity contribution in [2.24, 2.45) is 17.8 Å². The van der Waals surface area contributed by atoms with Gasteiger partial charge in [0.2, 0.25) is 0 Å². The van der Waals surface area contributed by atoms with Gasteiger partial charge in [-0.2, -0.15) is 0 Å². The number of aliphatic hydroxyl groups is 1. The molecule has 3 atom stereocenters. The van der Waals surface area contributed by atoms with Crippen LogP contribution in [0, 0.1) is 17.8 Å². The third kappa shape index (κ3) is 1.58. The SMILES string of the molecule is C/C=C1/CC[C@@H](CO)[C@@H]2C=C[C@H]1C2. The van der Waals surface area contributed by atoms with Crippen molar-refractivity contribution in [2.75, 3.05) is 6.61 Å². The minimum Gasteiger partial charge on any atom is -0.396 e. The van der Waals surface area contributed by atoms with Crippen LogP contribution in [0.3, 0.4) is 0 Å². The van der Waals surface area contributed by atoms with Crippen LogP contribution in [0.1, 0.15) is 26.2 Å². The Labute approximate surface area is 80.2 Å². The van der Waals surface area contributed by atoms with E-state index in [0.717, 1.165) is 0 Å². The van der Waals surface area contributed by atoms with E-state index in [9.17, 15) is 5.11 Å². The fourth-order valence-corrected chi connectivity index (χ4v) is 2.69. The molecule has 0 spiro atoms. The van der Waals surface area contributed by atoms with Crippen molar-refractivity contribution in [3.63, 3.8) is 0 Å². The predicted molar refractivity (Wildman–Crippen MR) is 54.3 cm³/mol. The van der Waals surface area contributed by atoms with Crippen LogP contribution < -0.4 is 0 Å². The Morgan fingerprint density at radius 1 is 1.54 bits per heavy atom. The molecule has 0 aromatic heterocycles. The first-order valence-electron chi connectivity index (χ1n) is 5.29. The predicted octanol–water partition coefficient (Wildman–Crippen LogP) is 2.53. The van der Waals surface area contributed by atoms with Crippen LogP contribution in [0.15, 0.2) is 23.8 Å². The fourth-order valence-electron chi connectivity index (χ4n) is 2.69. The molecule has 1 N–H and O–H groups in total. The van der Waals surface area contributed by atoms with E-state index in [1.54, 1.807) is 5.57 Å². The highest BCUT2D eigenvalue weighted by atomic mass is 16.3. The summed E-state index contributed by atoms with van der Waals surface area (Å²) in [4.78, 5) is 0. The summed E-state index contributed by atoms with van der Waals surface area (Å²) in [7, 11) is 0. The number of rotatable bonds is 1. The second kappa shape index (κ2) is 3.67. The zero-order valence-corrected chi connectivity index (χ0v) is 8.24. The van der Waals surface area contributed by atoms with Gasteiger partial charge in [0.15, 0.2) is 0 Å². The largest absolute Gasteiger partial charge is 0.396 e. The van der Waals surface area contributed by atoms with Gasteiger partial charge < -0.3 is 5.11 Å². The third-order valence-electron chi connectivity index (χ3n) is 3.61. The summed E-state index contributed by atoms with van der Waals surface area (Å²) in [5.74, 6) is 1.85. The Morgan fingerprint density at radius 2 is 2.38 bits per heavy atom. The quantitative estimate of drug-likeness (QED) is 0.612. The Kier molecular flexibility index (Phi) is 2.54. The van der Waals surface area contributed by atoms with Gasteiger partial charge in [0.1, 0.15) is 0 Å². The molecule has 2 aliphatic carbocycles. The highest BCUT2D eigenvalue weighted by molar-refractivity contribution is 5.21. The van der Waals surface area contributed by atoms with Gasteiger partial charge in [-0.25, -0.2) is 0 Å². The molecule has 2 aliphatic rings. The summed E-state index contributed by atoms with van der Waals surface area (Å²) in [5, 5.41) is 9.24. The molecule has 1 fully saturated rings. The lowest BCUT2D eigenvalue weighted by atomic mass is 9.90. The second-order valence-corrected chi connectivity index (χ2v) is 4.24. The van der Waals surface area contributed by atoms with E-state index in [4.69, 9.17) is 0 Å². The van der Waals surface area contributed by atoms with E-state index >= 15 is 0 Å². The smallest absolute Gasteiger partial charge is 0.0465 e. The molecule has 0 aromatic rings. The van der Waals surface area contributed by atoms with Gasteiger partial charge in [0, 0.05) is 6.61 Å². The minimum atomic E-state index is 0.360. The summed E-state index contributed by atoms with van der Waals surface area (Å²) in [5.41, 5.74) is 1.58. The van der Waals surface area contributed by atoms with Crippen molar-refractivity contribution in [1.29, 1.82) is 0 Å². The number of hydrogen-bond acceptors (Lipinski definition) is 1. The molecule has 13 heavy (non-hydrogen) atoms. The lowest BCUT2D eigenvalue weighted by molar-refractivity contribution is 0.188. The molecule has 2 bridgehead atoms. The summed E-state index contributed by atoms with van der Waals surface area (Å²) in [6.45, 7) is 2.49. The number of aliphatic hydroxyl groups excluding tert-OH is 1. The highest BCUT2D eigenvalue weighted by Gasteiger charge is 2.31. The number of fused-ring (bicyclic) bond motifs is 2. The minimum absolute atomic E-state index is 0.360. The summed E-state index contributed by atoms with van der Waals surface area (Å²) in [6, 6.07) is 0.